The second-order valence-corrected chi connectivity index (χ2v) is 9.18. The highest BCUT2D eigenvalue weighted by atomic mass is 32.2. The maximum Gasteiger partial charge on any atom is 0.268 e. The van der Waals surface area contributed by atoms with Gasteiger partial charge in [0.25, 0.3) is 11.8 Å². The van der Waals surface area contributed by atoms with E-state index in [9.17, 15) is 9.59 Å². The number of thioether (sulfide) groups is 2. The Kier molecular flexibility index (Phi) is 6.18. The molecule has 3 aliphatic rings. The number of piperazine rings is 1. The number of methoxy groups -OCH3 is 1. The van der Waals surface area contributed by atoms with Crippen LogP contribution in [0.5, 0.6) is 5.75 Å². The average Bonchev–Trinajstić information content (AvgIpc) is 2.99. The van der Waals surface area contributed by atoms with Gasteiger partial charge in [0.1, 0.15) is 5.75 Å². The molecule has 1 aromatic rings. The van der Waals surface area contributed by atoms with Gasteiger partial charge in [-0.15, -0.1) is 23.5 Å². The fourth-order valence-corrected chi connectivity index (χ4v) is 6.17. The van der Waals surface area contributed by atoms with Gasteiger partial charge in [0, 0.05) is 44.2 Å². The van der Waals surface area contributed by atoms with Gasteiger partial charge < -0.3 is 9.64 Å². The molecule has 1 aromatic carbocycles. The summed E-state index contributed by atoms with van der Waals surface area (Å²) in [5, 5.41) is 0. The predicted octanol–water partition coefficient (Wildman–Crippen LogP) is 2.27. The minimum absolute atomic E-state index is 0.0850. The lowest BCUT2D eigenvalue weighted by molar-refractivity contribution is -0.137. The quantitative estimate of drug-likeness (QED) is 0.656. The highest BCUT2D eigenvalue weighted by molar-refractivity contribution is 8.11. The first-order chi connectivity index (χ1) is 13.7. The molecule has 0 aromatic heterocycles. The zero-order valence-electron chi connectivity index (χ0n) is 16.1. The highest BCUT2D eigenvalue weighted by Crippen LogP contribution is 2.40. The highest BCUT2D eigenvalue weighted by Gasteiger charge is 2.39. The largest absolute Gasteiger partial charge is 0.495 e. The van der Waals surface area contributed by atoms with Crippen molar-refractivity contribution in [3.8, 4) is 5.75 Å². The molecule has 2 amide bonds. The second kappa shape index (κ2) is 8.80. The molecule has 0 unspecified atom stereocenters. The lowest BCUT2D eigenvalue weighted by Crippen LogP contribution is -2.47. The summed E-state index contributed by atoms with van der Waals surface area (Å²) >= 11 is 3.07. The van der Waals surface area contributed by atoms with Gasteiger partial charge in [-0.1, -0.05) is 12.1 Å². The lowest BCUT2D eigenvalue weighted by Gasteiger charge is -2.36. The van der Waals surface area contributed by atoms with Crippen molar-refractivity contribution in [3.05, 3.63) is 34.1 Å². The summed E-state index contributed by atoms with van der Waals surface area (Å²) in [5.41, 5.74) is 1.14. The van der Waals surface area contributed by atoms with Gasteiger partial charge in [-0.25, -0.2) is 0 Å². The molecule has 8 heteroatoms. The van der Waals surface area contributed by atoms with Crippen molar-refractivity contribution in [3.63, 3.8) is 0 Å². The van der Waals surface area contributed by atoms with Crippen molar-refractivity contribution in [1.82, 2.24) is 9.80 Å². The van der Waals surface area contributed by atoms with Crippen LogP contribution in [0.1, 0.15) is 6.42 Å². The fourth-order valence-electron chi connectivity index (χ4n) is 3.83. The van der Waals surface area contributed by atoms with E-state index >= 15 is 0 Å². The fraction of sp³-hybridized carbons (Fsp3) is 0.500. The number of rotatable bonds is 6. The Bertz CT molecular complexity index is 763. The van der Waals surface area contributed by atoms with E-state index in [1.165, 1.54) is 28.4 Å². The number of hydrogen-bond donors (Lipinski definition) is 0. The molecule has 0 bridgehead atoms. The smallest absolute Gasteiger partial charge is 0.268 e. The van der Waals surface area contributed by atoms with Crippen molar-refractivity contribution >= 4 is 41.0 Å². The number of nitrogens with zero attached hydrogens (tertiary/aromatic N) is 3. The molecule has 0 N–H and O–H groups in total. The van der Waals surface area contributed by atoms with Crippen molar-refractivity contribution < 1.29 is 14.3 Å². The summed E-state index contributed by atoms with van der Waals surface area (Å²) in [5.74, 6) is 2.56. The number of anilines is 1. The third-order valence-corrected chi connectivity index (χ3v) is 7.85. The first-order valence-electron chi connectivity index (χ1n) is 9.65. The number of amides is 2. The monoisotopic (exact) mass is 419 g/mol. The minimum atomic E-state index is -0.0850. The van der Waals surface area contributed by atoms with Crippen LogP contribution in [0.15, 0.2) is 34.1 Å². The van der Waals surface area contributed by atoms with Crippen molar-refractivity contribution in [2.45, 2.75) is 6.42 Å². The van der Waals surface area contributed by atoms with E-state index in [0.29, 0.717) is 16.4 Å². The van der Waals surface area contributed by atoms with Crippen LogP contribution in [0, 0.1) is 0 Å². The van der Waals surface area contributed by atoms with Gasteiger partial charge in [-0.2, -0.15) is 0 Å². The van der Waals surface area contributed by atoms with Crippen molar-refractivity contribution in [2.24, 2.45) is 0 Å². The van der Waals surface area contributed by atoms with Gasteiger partial charge in [0.15, 0.2) is 0 Å². The first kappa shape index (κ1) is 19.7. The Balaban J connectivity index is 1.24. The summed E-state index contributed by atoms with van der Waals surface area (Å²) in [4.78, 5) is 32.5. The number of benzene rings is 1. The van der Waals surface area contributed by atoms with Crippen LogP contribution in [-0.4, -0.2) is 79.5 Å². The van der Waals surface area contributed by atoms with E-state index in [4.69, 9.17) is 4.74 Å². The Labute approximate surface area is 174 Å². The van der Waals surface area contributed by atoms with E-state index in [0.717, 1.165) is 62.1 Å². The number of para-hydroxylation sites is 2. The lowest BCUT2D eigenvalue weighted by atomic mass is 10.2. The molecule has 0 saturated carbocycles. The predicted molar refractivity (Wildman–Crippen MR) is 115 cm³/mol. The Morgan fingerprint density at radius 2 is 1.57 bits per heavy atom. The van der Waals surface area contributed by atoms with Crippen LogP contribution in [0.25, 0.3) is 0 Å². The molecule has 3 heterocycles. The van der Waals surface area contributed by atoms with Gasteiger partial charge in [-0.05, 0) is 25.1 Å². The average molecular weight is 420 g/mol. The maximum atomic E-state index is 12.5. The SMILES string of the molecule is COc1ccccc1N1CCN(CCCN2C(=O)C3=C(SCCS3)C2=O)CC1. The van der Waals surface area contributed by atoms with E-state index < -0.39 is 0 Å². The number of ether oxygens (including phenoxy) is 1. The Morgan fingerprint density at radius 1 is 0.929 bits per heavy atom. The molecule has 1 saturated heterocycles. The number of imide groups is 1. The van der Waals surface area contributed by atoms with Crippen molar-refractivity contribution in [2.75, 3.05) is 62.8 Å². The Hall–Kier alpha value is -1.64. The van der Waals surface area contributed by atoms with Crippen LogP contribution < -0.4 is 9.64 Å². The standard InChI is InChI=1S/C20H25N3O3S2/c1-26-16-6-3-2-5-15(16)22-11-9-21(10-12-22)7-4-8-23-19(24)17-18(20(23)25)28-14-13-27-17/h2-3,5-6H,4,7-14H2,1H3. The molecule has 150 valence electrons. The van der Waals surface area contributed by atoms with Gasteiger partial charge in [0.05, 0.1) is 22.6 Å². The number of hydrogen-bond acceptors (Lipinski definition) is 7. The third-order valence-electron chi connectivity index (χ3n) is 5.32. The summed E-state index contributed by atoms with van der Waals surface area (Å²) < 4.78 is 5.48. The van der Waals surface area contributed by atoms with Gasteiger partial charge in [-0.3, -0.25) is 19.4 Å². The third kappa shape index (κ3) is 3.90. The minimum Gasteiger partial charge on any atom is -0.495 e. The first-order valence-corrected chi connectivity index (χ1v) is 11.6. The molecule has 3 aliphatic heterocycles. The van der Waals surface area contributed by atoms with E-state index in [1.54, 1.807) is 7.11 Å². The van der Waals surface area contributed by atoms with Crippen LogP contribution in [0.3, 0.4) is 0 Å². The molecule has 4 rings (SSSR count). The summed E-state index contributed by atoms with van der Waals surface area (Å²) in [7, 11) is 1.71. The molecule has 6 nitrogen and oxygen atoms in total. The molecule has 0 radical (unpaired) electrons. The Morgan fingerprint density at radius 3 is 2.21 bits per heavy atom. The molecule has 0 aliphatic carbocycles. The maximum absolute atomic E-state index is 12.5. The second-order valence-electron chi connectivity index (χ2n) is 6.97. The van der Waals surface area contributed by atoms with E-state index in [2.05, 4.69) is 15.9 Å². The van der Waals surface area contributed by atoms with Crippen LogP contribution >= 0.6 is 23.5 Å². The normalized spacial score (nSPS) is 20.8. The molecule has 0 spiro atoms. The van der Waals surface area contributed by atoms with Crippen molar-refractivity contribution in [1.29, 1.82) is 0 Å². The molecule has 28 heavy (non-hydrogen) atoms. The summed E-state index contributed by atoms with van der Waals surface area (Å²) in [6, 6.07) is 8.13. The van der Waals surface area contributed by atoms with Crippen LogP contribution in [-0.2, 0) is 9.59 Å². The summed E-state index contributed by atoms with van der Waals surface area (Å²) in [6.45, 7) is 5.26. The van der Waals surface area contributed by atoms with E-state index in [1.807, 2.05) is 18.2 Å². The van der Waals surface area contributed by atoms with Crippen LogP contribution in [0.4, 0.5) is 5.69 Å². The number of carbonyl (C=O) groups excluding carboxylic acids is 2. The van der Waals surface area contributed by atoms with Crippen LogP contribution in [0.2, 0.25) is 0 Å². The summed E-state index contributed by atoms with van der Waals surface area (Å²) in [6.07, 6.45) is 0.821. The zero-order chi connectivity index (χ0) is 19.5. The molecular weight excluding hydrogens is 394 g/mol. The molecule has 1 fully saturated rings. The number of carbonyl (C=O) groups is 2. The molecular formula is C20H25N3O3S2. The van der Waals surface area contributed by atoms with Gasteiger partial charge in [0.2, 0.25) is 0 Å². The van der Waals surface area contributed by atoms with E-state index in [-0.39, 0.29) is 11.8 Å². The zero-order valence-corrected chi connectivity index (χ0v) is 17.7. The van der Waals surface area contributed by atoms with Gasteiger partial charge >= 0.3 is 0 Å². The molecule has 0 atom stereocenters. The topological polar surface area (TPSA) is 53.1 Å².